The maximum absolute atomic E-state index is 4.41. The van der Waals surface area contributed by atoms with Crippen molar-refractivity contribution in [2.75, 3.05) is 13.1 Å². The minimum absolute atomic E-state index is 0.978. The summed E-state index contributed by atoms with van der Waals surface area (Å²) in [7, 11) is 0. The number of hydrogen-bond acceptors (Lipinski definition) is 3. The fraction of sp³-hybridized carbons (Fsp3) is 0.583. The van der Waals surface area contributed by atoms with Gasteiger partial charge in [-0.3, -0.25) is 0 Å². The van der Waals surface area contributed by atoms with E-state index in [1.165, 1.54) is 11.4 Å². The van der Waals surface area contributed by atoms with Crippen LogP contribution in [0.3, 0.4) is 0 Å². The van der Waals surface area contributed by atoms with Crippen molar-refractivity contribution >= 4 is 11.3 Å². The Labute approximate surface area is 96.4 Å². The van der Waals surface area contributed by atoms with E-state index in [-0.39, 0.29) is 0 Å². The summed E-state index contributed by atoms with van der Waals surface area (Å²) in [5.74, 6) is 0. The van der Waals surface area contributed by atoms with Crippen LogP contribution < -0.4 is 5.32 Å². The highest BCUT2D eigenvalue weighted by atomic mass is 32.1. The molecule has 0 spiro atoms. The molecule has 0 fully saturated rings. The summed E-state index contributed by atoms with van der Waals surface area (Å²) in [6.07, 6.45) is 7.75. The van der Waals surface area contributed by atoms with E-state index in [2.05, 4.69) is 34.8 Å². The molecule has 0 radical (unpaired) electrons. The number of nitrogens with zero attached hydrogens (tertiary/aromatic N) is 1. The smallest absolute Gasteiger partial charge is 0.0965 e. The van der Waals surface area contributed by atoms with Crippen molar-refractivity contribution in [1.82, 2.24) is 10.3 Å². The second-order valence-corrected chi connectivity index (χ2v) is 4.54. The van der Waals surface area contributed by atoms with Crippen molar-refractivity contribution in [3.05, 3.63) is 28.2 Å². The Hall–Kier alpha value is -0.670. The maximum atomic E-state index is 4.41. The molecule has 2 nitrogen and oxygen atoms in total. The molecule has 0 saturated carbocycles. The minimum atomic E-state index is 0.978. The molecule has 0 aliphatic rings. The summed E-state index contributed by atoms with van der Waals surface area (Å²) in [5, 5.41) is 6.69. The van der Waals surface area contributed by atoms with Gasteiger partial charge in [0.25, 0.3) is 0 Å². The van der Waals surface area contributed by atoms with Gasteiger partial charge in [-0.05, 0) is 32.9 Å². The lowest BCUT2D eigenvalue weighted by Crippen LogP contribution is -2.14. The number of rotatable bonds is 7. The molecule has 0 aliphatic heterocycles. The molecular weight excluding hydrogens is 204 g/mol. The van der Waals surface area contributed by atoms with Crippen LogP contribution in [0.5, 0.6) is 0 Å². The van der Waals surface area contributed by atoms with E-state index in [0.717, 1.165) is 31.6 Å². The van der Waals surface area contributed by atoms with Gasteiger partial charge in [-0.25, -0.2) is 4.98 Å². The zero-order valence-electron chi connectivity index (χ0n) is 9.62. The van der Waals surface area contributed by atoms with Crippen LogP contribution >= 0.6 is 11.3 Å². The van der Waals surface area contributed by atoms with Crippen molar-refractivity contribution in [1.29, 1.82) is 0 Å². The first kappa shape index (κ1) is 12.4. The van der Waals surface area contributed by atoms with Gasteiger partial charge in [0.2, 0.25) is 0 Å². The second-order valence-electron chi connectivity index (χ2n) is 3.60. The topological polar surface area (TPSA) is 24.9 Å². The van der Waals surface area contributed by atoms with Gasteiger partial charge in [0, 0.05) is 17.5 Å². The number of aromatic nitrogens is 1. The number of hydrogen-bond donors (Lipinski definition) is 1. The first-order valence-electron chi connectivity index (χ1n) is 5.59. The highest BCUT2D eigenvalue weighted by Gasteiger charge is 1.94. The molecule has 3 heteroatoms. The van der Waals surface area contributed by atoms with Crippen LogP contribution in [0.4, 0.5) is 0 Å². The van der Waals surface area contributed by atoms with Gasteiger partial charge in [0.05, 0.1) is 5.01 Å². The Kier molecular flexibility index (Phi) is 6.28. The number of allylic oxidation sites excluding steroid dienone is 1. The quantitative estimate of drug-likeness (QED) is 0.569. The SMILES string of the molecule is CCCNCCC=CCc1nc(C)cs1. The Morgan fingerprint density at radius 2 is 2.27 bits per heavy atom. The van der Waals surface area contributed by atoms with E-state index in [0.29, 0.717) is 0 Å². The zero-order chi connectivity index (χ0) is 10.9. The van der Waals surface area contributed by atoms with Gasteiger partial charge in [-0.15, -0.1) is 11.3 Å². The Morgan fingerprint density at radius 1 is 1.40 bits per heavy atom. The lowest BCUT2D eigenvalue weighted by atomic mass is 10.3. The molecule has 0 saturated heterocycles. The van der Waals surface area contributed by atoms with Crippen LogP contribution in [0.25, 0.3) is 0 Å². The largest absolute Gasteiger partial charge is 0.316 e. The molecule has 1 rings (SSSR count). The van der Waals surface area contributed by atoms with E-state index < -0.39 is 0 Å². The van der Waals surface area contributed by atoms with Crippen molar-refractivity contribution < 1.29 is 0 Å². The summed E-state index contributed by atoms with van der Waals surface area (Å²) in [6.45, 7) is 6.44. The number of aryl methyl sites for hydroxylation is 1. The third-order valence-corrected chi connectivity index (χ3v) is 3.03. The van der Waals surface area contributed by atoms with Gasteiger partial charge in [0.1, 0.15) is 0 Å². The van der Waals surface area contributed by atoms with Crippen LogP contribution in [0, 0.1) is 6.92 Å². The van der Waals surface area contributed by atoms with Crippen molar-refractivity contribution in [3.63, 3.8) is 0 Å². The molecule has 0 aliphatic carbocycles. The van der Waals surface area contributed by atoms with Gasteiger partial charge in [-0.1, -0.05) is 19.1 Å². The lowest BCUT2D eigenvalue weighted by molar-refractivity contribution is 0.678. The normalized spacial score (nSPS) is 11.3. The summed E-state index contributed by atoms with van der Waals surface area (Å²) < 4.78 is 0. The molecule has 0 amide bonds. The van der Waals surface area contributed by atoms with Gasteiger partial charge in [0.15, 0.2) is 0 Å². The Bertz CT molecular complexity index is 292. The third-order valence-electron chi connectivity index (χ3n) is 2.04. The van der Waals surface area contributed by atoms with Crippen molar-refractivity contribution in [2.45, 2.75) is 33.1 Å². The molecule has 1 heterocycles. The summed E-state index contributed by atoms with van der Waals surface area (Å²) in [6, 6.07) is 0. The average Bonchev–Trinajstić information content (AvgIpc) is 2.63. The lowest BCUT2D eigenvalue weighted by Gasteiger charge is -1.97. The van der Waals surface area contributed by atoms with E-state index in [1.54, 1.807) is 11.3 Å². The van der Waals surface area contributed by atoms with Crippen LogP contribution in [0.1, 0.15) is 30.5 Å². The molecule has 0 aromatic carbocycles. The summed E-state index contributed by atoms with van der Waals surface area (Å²) in [4.78, 5) is 4.41. The standard InChI is InChI=1S/C12H20N2S/c1-3-8-13-9-6-4-5-7-12-14-11(2)10-15-12/h4-5,10,13H,3,6-9H2,1-2H3. The average molecular weight is 224 g/mol. The fourth-order valence-corrected chi connectivity index (χ4v) is 2.03. The summed E-state index contributed by atoms with van der Waals surface area (Å²) >= 11 is 1.74. The molecule has 0 unspecified atom stereocenters. The molecule has 84 valence electrons. The minimum Gasteiger partial charge on any atom is -0.316 e. The van der Waals surface area contributed by atoms with E-state index >= 15 is 0 Å². The van der Waals surface area contributed by atoms with E-state index in [9.17, 15) is 0 Å². The highest BCUT2D eigenvalue weighted by Crippen LogP contribution is 2.09. The fourth-order valence-electron chi connectivity index (χ4n) is 1.29. The van der Waals surface area contributed by atoms with Crippen molar-refractivity contribution in [2.24, 2.45) is 0 Å². The van der Waals surface area contributed by atoms with Crippen LogP contribution in [0.2, 0.25) is 0 Å². The molecule has 15 heavy (non-hydrogen) atoms. The first-order valence-corrected chi connectivity index (χ1v) is 6.47. The van der Waals surface area contributed by atoms with Gasteiger partial charge in [-0.2, -0.15) is 0 Å². The zero-order valence-corrected chi connectivity index (χ0v) is 10.4. The molecule has 0 atom stereocenters. The van der Waals surface area contributed by atoms with Crippen LogP contribution in [0.15, 0.2) is 17.5 Å². The van der Waals surface area contributed by atoms with Crippen molar-refractivity contribution in [3.8, 4) is 0 Å². The number of nitrogens with one attached hydrogen (secondary N) is 1. The predicted molar refractivity (Wildman–Crippen MR) is 67.5 cm³/mol. The second kappa shape index (κ2) is 7.60. The molecule has 1 aromatic rings. The van der Waals surface area contributed by atoms with Crippen LogP contribution in [-0.4, -0.2) is 18.1 Å². The Morgan fingerprint density at radius 3 is 2.93 bits per heavy atom. The predicted octanol–water partition coefficient (Wildman–Crippen LogP) is 2.94. The van der Waals surface area contributed by atoms with Gasteiger partial charge >= 0.3 is 0 Å². The van der Waals surface area contributed by atoms with Crippen LogP contribution in [-0.2, 0) is 6.42 Å². The maximum Gasteiger partial charge on any atom is 0.0965 e. The third kappa shape index (κ3) is 5.70. The number of thiazole rings is 1. The Balaban J connectivity index is 2.06. The molecule has 1 N–H and O–H groups in total. The highest BCUT2D eigenvalue weighted by molar-refractivity contribution is 7.09. The molecule has 0 bridgehead atoms. The first-order chi connectivity index (χ1) is 7.33. The van der Waals surface area contributed by atoms with E-state index in [4.69, 9.17) is 0 Å². The molecule has 1 aromatic heterocycles. The monoisotopic (exact) mass is 224 g/mol. The van der Waals surface area contributed by atoms with Gasteiger partial charge < -0.3 is 5.32 Å². The summed E-state index contributed by atoms with van der Waals surface area (Å²) in [5.41, 5.74) is 1.13. The molecular formula is C12H20N2S. The van der Waals surface area contributed by atoms with E-state index in [1.807, 2.05) is 6.92 Å².